The fourth-order valence-electron chi connectivity index (χ4n) is 2.02. The van der Waals surface area contributed by atoms with Crippen molar-refractivity contribution in [3.8, 4) is 5.75 Å². The number of aryl methyl sites for hydroxylation is 2. The molecule has 104 valence electrons. The van der Waals surface area contributed by atoms with Crippen molar-refractivity contribution in [1.29, 1.82) is 0 Å². The summed E-state index contributed by atoms with van der Waals surface area (Å²) in [5, 5.41) is 0. The SMILES string of the molecule is CCOC(=O)C=C(C)Cc1cc(OC)c(C)cc1C. The van der Waals surface area contributed by atoms with Gasteiger partial charge in [0.15, 0.2) is 0 Å². The number of benzene rings is 1. The summed E-state index contributed by atoms with van der Waals surface area (Å²) in [6.45, 7) is 8.23. The summed E-state index contributed by atoms with van der Waals surface area (Å²) in [5.41, 5.74) is 4.47. The van der Waals surface area contributed by atoms with Crippen LogP contribution in [0.15, 0.2) is 23.8 Å². The predicted octanol–water partition coefficient (Wildman–Crippen LogP) is 3.36. The van der Waals surface area contributed by atoms with Crippen molar-refractivity contribution in [2.24, 2.45) is 0 Å². The molecular weight excluding hydrogens is 240 g/mol. The lowest BCUT2D eigenvalue weighted by atomic mass is 9.98. The number of hydrogen-bond acceptors (Lipinski definition) is 3. The van der Waals surface area contributed by atoms with Crippen LogP contribution in [0.1, 0.15) is 30.5 Å². The molecule has 0 saturated carbocycles. The number of ether oxygens (including phenoxy) is 2. The Hall–Kier alpha value is -1.77. The number of carbonyl (C=O) groups excluding carboxylic acids is 1. The highest BCUT2D eigenvalue weighted by molar-refractivity contribution is 5.82. The first-order chi connectivity index (χ1) is 8.97. The average Bonchev–Trinajstić information content (AvgIpc) is 2.32. The third-order valence-electron chi connectivity index (χ3n) is 2.97. The lowest BCUT2D eigenvalue weighted by Gasteiger charge is -2.11. The summed E-state index contributed by atoms with van der Waals surface area (Å²) in [7, 11) is 1.67. The molecule has 0 aromatic heterocycles. The molecule has 0 N–H and O–H groups in total. The molecule has 1 aromatic rings. The largest absolute Gasteiger partial charge is 0.496 e. The molecule has 1 aromatic carbocycles. The Kier molecular flexibility index (Phi) is 5.61. The fraction of sp³-hybridized carbons (Fsp3) is 0.438. The van der Waals surface area contributed by atoms with Gasteiger partial charge in [-0.15, -0.1) is 0 Å². The molecule has 0 bridgehead atoms. The van der Waals surface area contributed by atoms with E-state index in [1.807, 2.05) is 19.9 Å². The van der Waals surface area contributed by atoms with E-state index in [-0.39, 0.29) is 5.97 Å². The Morgan fingerprint density at radius 2 is 1.95 bits per heavy atom. The van der Waals surface area contributed by atoms with Crippen LogP contribution >= 0.6 is 0 Å². The van der Waals surface area contributed by atoms with E-state index in [4.69, 9.17) is 9.47 Å². The zero-order valence-electron chi connectivity index (χ0n) is 12.4. The quantitative estimate of drug-likeness (QED) is 0.603. The molecule has 0 spiro atoms. The van der Waals surface area contributed by atoms with Crippen molar-refractivity contribution >= 4 is 5.97 Å². The lowest BCUT2D eigenvalue weighted by Crippen LogP contribution is -2.02. The van der Waals surface area contributed by atoms with Gasteiger partial charge >= 0.3 is 5.97 Å². The first kappa shape index (κ1) is 15.3. The summed E-state index contributed by atoms with van der Waals surface area (Å²) in [4.78, 5) is 11.4. The molecular formula is C16H22O3. The number of rotatable bonds is 5. The van der Waals surface area contributed by atoms with Crippen molar-refractivity contribution in [1.82, 2.24) is 0 Å². The van der Waals surface area contributed by atoms with Crippen molar-refractivity contribution in [2.45, 2.75) is 34.1 Å². The lowest BCUT2D eigenvalue weighted by molar-refractivity contribution is -0.137. The van der Waals surface area contributed by atoms with E-state index in [2.05, 4.69) is 13.0 Å². The van der Waals surface area contributed by atoms with Crippen LogP contribution in [0.2, 0.25) is 0 Å². The smallest absolute Gasteiger partial charge is 0.330 e. The van der Waals surface area contributed by atoms with E-state index in [9.17, 15) is 4.79 Å². The van der Waals surface area contributed by atoms with Crippen LogP contribution < -0.4 is 4.74 Å². The zero-order chi connectivity index (χ0) is 14.4. The molecule has 3 nitrogen and oxygen atoms in total. The first-order valence-corrected chi connectivity index (χ1v) is 6.46. The second-order valence-corrected chi connectivity index (χ2v) is 4.67. The second kappa shape index (κ2) is 6.98. The van der Waals surface area contributed by atoms with E-state index in [1.54, 1.807) is 20.1 Å². The second-order valence-electron chi connectivity index (χ2n) is 4.67. The number of methoxy groups -OCH3 is 1. The maximum absolute atomic E-state index is 11.4. The van der Waals surface area contributed by atoms with Crippen LogP contribution in [0, 0.1) is 13.8 Å². The fourth-order valence-corrected chi connectivity index (χ4v) is 2.02. The van der Waals surface area contributed by atoms with Gasteiger partial charge in [-0.25, -0.2) is 4.79 Å². The van der Waals surface area contributed by atoms with Gasteiger partial charge in [-0.1, -0.05) is 11.6 Å². The van der Waals surface area contributed by atoms with Crippen LogP contribution in [0.25, 0.3) is 0 Å². The van der Waals surface area contributed by atoms with Gasteiger partial charge in [-0.3, -0.25) is 0 Å². The van der Waals surface area contributed by atoms with Gasteiger partial charge < -0.3 is 9.47 Å². The molecule has 0 aliphatic carbocycles. The van der Waals surface area contributed by atoms with Gasteiger partial charge in [-0.2, -0.15) is 0 Å². The molecule has 19 heavy (non-hydrogen) atoms. The van der Waals surface area contributed by atoms with Gasteiger partial charge in [-0.05, 0) is 56.9 Å². The molecule has 3 heteroatoms. The molecule has 0 heterocycles. The Morgan fingerprint density at radius 3 is 2.53 bits per heavy atom. The monoisotopic (exact) mass is 262 g/mol. The van der Waals surface area contributed by atoms with Crippen molar-refractivity contribution in [2.75, 3.05) is 13.7 Å². The third-order valence-corrected chi connectivity index (χ3v) is 2.97. The number of allylic oxidation sites excluding steroid dienone is 1. The Labute approximate surface area is 115 Å². The summed E-state index contributed by atoms with van der Waals surface area (Å²) in [5.74, 6) is 0.598. The van der Waals surface area contributed by atoms with Crippen LogP contribution in [-0.2, 0) is 16.0 Å². The van der Waals surface area contributed by atoms with Crippen LogP contribution in [-0.4, -0.2) is 19.7 Å². The van der Waals surface area contributed by atoms with E-state index in [0.29, 0.717) is 6.61 Å². The maximum Gasteiger partial charge on any atom is 0.330 e. The van der Waals surface area contributed by atoms with Gasteiger partial charge in [0.2, 0.25) is 0 Å². The number of hydrogen-bond donors (Lipinski definition) is 0. The summed E-state index contributed by atoms with van der Waals surface area (Å²) in [6.07, 6.45) is 2.27. The maximum atomic E-state index is 11.4. The van der Waals surface area contributed by atoms with Crippen LogP contribution in [0.3, 0.4) is 0 Å². The van der Waals surface area contributed by atoms with E-state index < -0.39 is 0 Å². The minimum absolute atomic E-state index is 0.281. The van der Waals surface area contributed by atoms with Crippen LogP contribution in [0.5, 0.6) is 5.75 Å². The molecule has 0 aliphatic rings. The Morgan fingerprint density at radius 1 is 1.26 bits per heavy atom. The highest BCUT2D eigenvalue weighted by atomic mass is 16.5. The summed E-state index contributed by atoms with van der Waals surface area (Å²) < 4.78 is 10.2. The molecule has 0 radical (unpaired) electrons. The van der Waals surface area contributed by atoms with E-state index in [1.165, 1.54) is 11.1 Å². The van der Waals surface area contributed by atoms with E-state index in [0.717, 1.165) is 23.3 Å². The average molecular weight is 262 g/mol. The molecule has 0 saturated heterocycles. The molecule has 0 unspecified atom stereocenters. The minimum Gasteiger partial charge on any atom is -0.496 e. The predicted molar refractivity (Wildman–Crippen MR) is 76.6 cm³/mol. The number of esters is 1. The summed E-state index contributed by atoms with van der Waals surface area (Å²) in [6, 6.07) is 4.14. The normalized spacial score (nSPS) is 11.3. The van der Waals surface area contributed by atoms with Crippen LogP contribution in [0.4, 0.5) is 0 Å². The van der Waals surface area contributed by atoms with Gasteiger partial charge in [0.05, 0.1) is 13.7 Å². The van der Waals surface area contributed by atoms with Crippen molar-refractivity contribution in [3.05, 3.63) is 40.5 Å². The highest BCUT2D eigenvalue weighted by Gasteiger charge is 2.07. The topological polar surface area (TPSA) is 35.5 Å². The number of carbonyl (C=O) groups is 1. The zero-order valence-corrected chi connectivity index (χ0v) is 12.4. The molecule has 0 aliphatic heterocycles. The van der Waals surface area contributed by atoms with E-state index >= 15 is 0 Å². The minimum atomic E-state index is -0.281. The van der Waals surface area contributed by atoms with Crippen molar-refractivity contribution < 1.29 is 14.3 Å². The van der Waals surface area contributed by atoms with Gasteiger partial charge in [0.25, 0.3) is 0 Å². The van der Waals surface area contributed by atoms with Gasteiger partial charge in [0, 0.05) is 6.08 Å². The molecule has 0 atom stereocenters. The molecule has 0 fully saturated rings. The highest BCUT2D eigenvalue weighted by Crippen LogP contribution is 2.24. The van der Waals surface area contributed by atoms with Gasteiger partial charge in [0.1, 0.15) is 5.75 Å². The molecule has 0 amide bonds. The third kappa shape index (κ3) is 4.43. The summed E-state index contributed by atoms with van der Waals surface area (Å²) >= 11 is 0. The Balaban J connectivity index is 2.90. The molecule has 1 rings (SSSR count). The van der Waals surface area contributed by atoms with Crippen molar-refractivity contribution in [3.63, 3.8) is 0 Å². The first-order valence-electron chi connectivity index (χ1n) is 6.46. The Bertz CT molecular complexity index is 487. The standard InChI is InChI=1S/C16H22O3/c1-6-19-16(17)8-11(2)7-14-10-15(18-5)13(4)9-12(14)3/h8-10H,6-7H2,1-5H3.